The third kappa shape index (κ3) is 4.18. The van der Waals surface area contributed by atoms with E-state index in [0.717, 1.165) is 49.5 Å². The summed E-state index contributed by atoms with van der Waals surface area (Å²) in [5.41, 5.74) is 2.22. The van der Waals surface area contributed by atoms with Crippen molar-refractivity contribution in [2.75, 3.05) is 26.2 Å². The zero-order valence-electron chi connectivity index (χ0n) is 17.1. The van der Waals surface area contributed by atoms with Gasteiger partial charge in [-0.3, -0.25) is 9.80 Å². The van der Waals surface area contributed by atoms with Crippen LogP contribution in [0.1, 0.15) is 43.0 Å². The van der Waals surface area contributed by atoms with E-state index >= 15 is 0 Å². The van der Waals surface area contributed by atoms with Crippen molar-refractivity contribution in [3.8, 4) is 0 Å². The van der Waals surface area contributed by atoms with Gasteiger partial charge in [0.2, 0.25) is 5.89 Å². The number of rotatable bonds is 5. The van der Waals surface area contributed by atoms with Crippen LogP contribution in [0.4, 0.5) is 0 Å². The topological polar surface area (TPSA) is 75.6 Å². The number of aromatic nitrogens is 5. The van der Waals surface area contributed by atoms with E-state index in [1.54, 1.807) is 0 Å². The molecule has 0 amide bonds. The number of piperidine rings is 2. The average molecular weight is 396 g/mol. The fourth-order valence-electron chi connectivity index (χ4n) is 5.00. The van der Waals surface area contributed by atoms with Gasteiger partial charge in [0, 0.05) is 31.4 Å². The molecule has 8 heteroatoms. The maximum Gasteiger partial charge on any atom is 0.223 e. The van der Waals surface area contributed by atoms with Gasteiger partial charge < -0.3 is 4.52 Å². The van der Waals surface area contributed by atoms with Gasteiger partial charge in [0.25, 0.3) is 0 Å². The summed E-state index contributed by atoms with van der Waals surface area (Å²) in [6.45, 7) is 8.26. The smallest absolute Gasteiger partial charge is 0.223 e. The summed E-state index contributed by atoms with van der Waals surface area (Å²) in [4.78, 5) is 13.9. The lowest BCUT2D eigenvalue weighted by Crippen LogP contribution is -2.40. The Hall–Kier alpha value is -2.32. The number of nitrogens with zero attached hydrogens (tertiary/aromatic N) is 7. The van der Waals surface area contributed by atoms with Crippen LogP contribution in [0.15, 0.2) is 29.2 Å². The maximum absolute atomic E-state index is 5.09. The first kappa shape index (κ1) is 18.7. The van der Waals surface area contributed by atoms with Crippen LogP contribution in [-0.2, 0) is 13.1 Å². The van der Waals surface area contributed by atoms with Crippen molar-refractivity contribution >= 4 is 5.65 Å². The molecule has 0 N–H and O–H groups in total. The molecule has 3 aromatic rings. The first-order chi connectivity index (χ1) is 14.2. The highest BCUT2D eigenvalue weighted by Gasteiger charge is 2.30. The number of hydrogen-bond acceptors (Lipinski definition) is 7. The molecule has 0 saturated carbocycles. The molecule has 0 bridgehead atoms. The van der Waals surface area contributed by atoms with Crippen LogP contribution in [0.25, 0.3) is 5.65 Å². The van der Waals surface area contributed by atoms with Crippen molar-refractivity contribution in [1.29, 1.82) is 0 Å². The molecule has 0 spiro atoms. The molecule has 0 radical (unpaired) electrons. The average Bonchev–Trinajstić information content (AvgIpc) is 3.35. The van der Waals surface area contributed by atoms with Crippen molar-refractivity contribution in [2.45, 2.75) is 45.7 Å². The molecule has 2 aliphatic rings. The summed E-state index contributed by atoms with van der Waals surface area (Å²) >= 11 is 0. The van der Waals surface area contributed by atoms with E-state index in [2.05, 4.69) is 30.0 Å². The second-order valence-corrected chi connectivity index (χ2v) is 8.51. The Morgan fingerprint density at radius 1 is 1.00 bits per heavy atom. The second-order valence-electron chi connectivity index (χ2n) is 8.51. The Kier molecular flexibility index (Phi) is 5.28. The third-order valence-corrected chi connectivity index (χ3v) is 6.61. The Morgan fingerprint density at radius 2 is 1.69 bits per heavy atom. The molecule has 0 aliphatic carbocycles. The van der Waals surface area contributed by atoms with Crippen LogP contribution in [0.2, 0.25) is 0 Å². The van der Waals surface area contributed by atoms with Gasteiger partial charge in [0.05, 0.1) is 12.7 Å². The standard InChI is InChI=1S/C21H29N7O/c1-16-24-20(25-29-16)15-27-11-5-18(6-12-27)17-3-9-26(10-4-17)14-19-13-23-28-8-2-7-22-21(19)28/h2,7-8,13,17-18H,3-6,9-12,14-15H2,1H3. The highest BCUT2D eigenvalue weighted by atomic mass is 16.5. The van der Waals surface area contributed by atoms with Crippen LogP contribution >= 0.6 is 0 Å². The molecule has 0 unspecified atom stereocenters. The van der Waals surface area contributed by atoms with Gasteiger partial charge in [0.1, 0.15) is 0 Å². The predicted octanol–water partition coefficient (Wildman–Crippen LogP) is 2.54. The largest absolute Gasteiger partial charge is 0.340 e. The molecule has 2 saturated heterocycles. The van der Waals surface area contributed by atoms with E-state index in [4.69, 9.17) is 4.52 Å². The molecule has 2 aliphatic heterocycles. The van der Waals surface area contributed by atoms with E-state index < -0.39 is 0 Å². The number of aryl methyl sites for hydroxylation is 1. The van der Waals surface area contributed by atoms with Gasteiger partial charge in [-0.05, 0) is 69.8 Å². The Labute approximate surface area is 170 Å². The quantitative estimate of drug-likeness (QED) is 0.657. The predicted molar refractivity (Wildman–Crippen MR) is 108 cm³/mol. The van der Waals surface area contributed by atoms with Gasteiger partial charge in [-0.2, -0.15) is 10.1 Å². The maximum atomic E-state index is 5.09. The van der Waals surface area contributed by atoms with E-state index in [1.807, 2.05) is 36.1 Å². The summed E-state index contributed by atoms with van der Waals surface area (Å²) in [7, 11) is 0. The summed E-state index contributed by atoms with van der Waals surface area (Å²) in [6.07, 6.45) is 11.0. The molecular weight excluding hydrogens is 366 g/mol. The zero-order valence-corrected chi connectivity index (χ0v) is 17.1. The van der Waals surface area contributed by atoms with Crippen LogP contribution < -0.4 is 0 Å². The minimum atomic E-state index is 0.654. The molecule has 0 atom stereocenters. The first-order valence-electron chi connectivity index (χ1n) is 10.8. The van der Waals surface area contributed by atoms with Gasteiger partial charge in [-0.1, -0.05) is 5.16 Å². The second kappa shape index (κ2) is 8.20. The van der Waals surface area contributed by atoms with Crippen molar-refractivity contribution in [1.82, 2.24) is 34.5 Å². The minimum Gasteiger partial charge on any atom is -0.340 e. The Balaban J connectivity index is 1.09. The van der Waals surface area contributed by atoms with Crippen LogP contribution in [0.3, 0.4) is 0 Å². The first-order valence-corrected chi connectivity index (χ1v) is 10.8. The number of hydrogen-bond donors (Lipinski definition) is 0. The van der Waals surface area contributed by atoms with E-state index in [-0.39, 0.29) is 0 Å². The molecule has 0 aromatic carbocycles. The number of likely N-dealkylation sites (tertiary alicyclic amines) is 2. The summed E-state index contributed by atoms with van der Waals surface area (Å²) in [5.74, 6) is 3.19. The van der Waals surface area contributed by atoms with E-state index in [1.165, 1.54) is 44.3 Å². The summed E-state index contributed by atoms with van der Waals surface area (Å²) in [6, 6.07) is 1.92. The van der Waals surface area contributed by atoms with Gasteiger partial charge in [0.15, 0.2) is 11.5 Å². The Morgan fingerprint density at radius 3 is 2.34 bits per heavy atom. The van der Waals surface area contributed by atoms with Crippen molar-refractivity contribution in [3.63, 3.8) is 0 Å². The Bertz CT molecular complexity index is 935. The van der Waals surface area contributed by atoms with Crippen molar-refractivity contribution in [3.05, 3.63) is 41.9 Å². The van der Waals surface area contributed by atoms with Crippen LogP contribution in [-0.4, -0.2) is 60.7 Å². The van der Waals surface area contributed by atoms with Crippen molar-refractivity contribution < 1.29 is 4.52 Å². The lowest BCUT2D eigenvalue weighted by Gasteiger charge is -2.40. The van der Waals surface area contributed by atoms with Gasteiger partial charge >= 0.3 is 0 Å². The van der Waals surface area contributed by atoms with Crippen molar-refractivity contribution in [2.24, 2.45) is 11.8 Å². The number of fused-ring (bicyclic) bond motifs is 1. The molecule has 2 fully saturated rings. The fraction of sp³-hybridized carbons (Fsp3) is 0.619. The minimum absolute atomic E-state index is 0.654. The molecule has 154 valence electrons. The van der Waals surface area contributed by atoms with Crippen LogP contribution in [0.5, 0.6) is 0 Å². The third-order valence-electron chi connectivity index (χ3n) is 6.61. The monoisotopic (exact) mass is 395 g/mol. The lowest BCUT2D eigenvalue weighted by atomic mass is 9.79. The molecule has 29 heavy (non-hydrogen) atoms. The highest BCUT2D eigenvalue weighted by Crippen LogP contribution is 2.33. The molecular formula is C21H29N7O. The highest BCUT2D eigenvalue weighted by molar-refractivity contribution is 5.45. The molecule has 3 aromatic heterocycles. The summed E-state index contributed by atoms with van der Waals surface area (Å²) in [5, 5.41) is 8.45. The molecule has 5 rings (SSSR count). The van der Waals surface area contributed by atoms with Crippen LogP contribution in [0, 0.1) is 18.8 Å². The normalized spacial score (nSPS) is 20.6. The zero-order chi connectivity index (χ0) is 19.6. The molecule has 5 heterocycles. The SMILES string of the molecule is Cc1nc(CN2CCC(C3CCN(Cc4cnn5cccnc45)CC3)CC2)no1. The van der Waals surface area contributed by atoms with Gasteiger partial charge in [-0.15, -0.1) is 0 Å². The summed E-state index contributed by atoms with van der Waals surface area (Å²) < 4.78 is 6.96. The van der Waals surface area contributed by atoms with Gasteiger partial charge in [-0.25, -0.2) is 9.50 Å². The van der Waals surface area contributed by atoms with E-state index in [9.17, 15) is 0 Å². The fourth-order valence-corrected chi connectivity index (χ4v) is 5.00. The lowest BCUT2D eigenvalue weighted by molar-refractivity contribution is 0.0898. The molecule has 8 nitrogen and oxygen atoms in total. The van der Waals surface area contributed by atoms with E-state index in [0.29, 0.717) is 5.89 Å².